The fourth-order valence-electron chi connectivity index (χ4n) is 1.94. The normalized spacial score (nSPS) is 24.3. The van der Waals surface area contributed by atoms with Gasteiger partial charge in [-0.25, -0.2) is 0 Å². The highest BCUT2D eigenvalue weighted by Crippen LogP contribution is 2.21. The Labute approximate surface area is 81.1 Å². The van der Waals surface area contributed by atoms with Crippen molar-refractivity contribution in [2.75, 3.05) is 20.1 Å². The summed E-state index contributed by atoms with van der Waals surface area (Å²) in [6, 6.07) is 0.877. The van der Waals surface area contributed by atoms with Crippen LogP contribution < -0.4 is 17.0 Å². The van der Waals surface area contributed by atoms with E-state index in [4.69, 9.17) is 0 Å². The van der Waals surface area contributed by atoms with Crippen molar-refractivity contribution in [3.63, 3.8) is 0 Å². The summed E-state index contributed by atoms with van der Waals surface area (Å²) in [6.07, 6.45) is 4.22. The molecule has 0 amide bonds. The summed E-state index contributed by atoms with van der Waals surface area (Å²) < 4.78 is 1.33. The Bertz CT molecular complexity index is 108. The Morgan fingerprint density at radius 1 is 1.27 bits per heavy atom. The zero-order valence-corrected chi connectivity index (χ0v) is 9.52. The molecule has 1 aliphatic heterocycles. The quantitative estimate of drug-likeness (QED) is 0.527. The number of halogens is 1. The van der Waals surface area contributed by atoms with E-state index < -0.39 is 0 Å². The zero-order chi connectivity index (χ0) is 7.61. The Kier molecular flexibility index (Phi) is 4.64. The Balaban J connectivity index is 0.000001000. The first kappa shape index (κ1) is 11.4. The van der Waals surface area contributed by atoms with Gasteiger partial charge in [0.25, 0.3) is 0 Å². The molecule has 1 rings (SSSR count). The second-order valence-electron chi connectivity index (χ2n) is 3.89. The summed E-state index contributed by atoms with van der Waals surface area (Å²) >= 11 is 0. The average Bonchev–Trinajstić information content (AvgIpc) is 2.36. The van der Waals surface area contributed by atoms with Crippen molar-refractivity contribution >= 4 is 0 Å². The molecular formula is C9H20BrN. The van der Waals surface area contributed by atoms with Gasteiger partial charge in [-0.15, -0.1) is 0 Å². The van der Waals surface area contributed by atoms with E-state index in [2.05, 4.69) is 20.9 Å². The van der Waals surface area contributed by atoms with Gasteiger partial charge in [0.2, 0.25) is 0 Å². The number of quaternary nitrogens is 1. The van der Waals surface area contributed by atoms with Gasteiger partial charge in [-0.1, -0.05) is 6.92 Å². The second kappa shape index (κ2) is 4.46. The van der Waals surface area contributed by atoms with Crippen molar-refractivity contribution in [1.82, 2.24) is 0 Å². The van der Waals surface area contributed by atoms with Gasteiger partial charge >= 0.3 is 0 Å². The van der Waals surface area contributed by atoms with Crippen LogP contribution in [0.1, 0.15) is 33.1 Å². The molecule has 0 aromatic heterocycles. The van der Waals surface area contributed by atoms with Crippen LogP contribution in [0.2, 0.25) is 0 Å². The minimum atomic E-state index is 0. The molecule has 0 spiro atoms. The van der Waals surface area contributed by atoms with Crippen LogP contribution in [0.5, 0.6) is 0 Å². The molecule has 1 aliphatic rings. The molecule has 0 radical (unpaired) electrons. The Morgan fingerprint density at radius 2 is 1.73 bits per heavy atom. The van der Waals surface area contributed by atoms with Crippen LogP contribution in [0, 0.1) is 0 Å². The van der Waals surface area contributed by atoms with Crippen molar-refractivity contribution in [3.05, 3.63) is 0 Å². The van der Waals surface area contributed by atoms with Gasteiger partial charge < -0.3 is 21.5 Å². The molecule has 1 saturated heterocycles. The van der Waals surface area contributed by atoms with E-state index >= 15 is 0 Å². The van der Waals surface area contributed by atoms with Crippen molar-refractivity contribution in [1.29, 1.82) is 0 Å². The summed E-state index contributed by atoms with van der Waals surface area (Å²) in [5.41, 5.74) is 0. The van der Waals surface area contributed by atoms with Crippen LogP contribution in [-0.4, -0.2) is 30.7 Å². The highest BCUT2D eigenvalue weighted by atomic mass is 79.9. The molecule has 0 aromatic carbocycles. The third kappa shape index (κ3) is 2.45. The van der Waals surface area contributed by atoms with E-state index in [9.17, 15) is 0 Å². The lowest BCUT2D eigenvalue weighted by Gasteiger charge is -2.35. The van der Waals surface area contributed by atoms with Crippen LogP contribution in [0.4, 0.5) is 0 Å². The third-order valence-corrected chi connectivity index (χ3v) is 3.24. The molecule has 1 atom stereocenters. The smallest absolute Gasteiger partial charge is 0.0857 e. The molecule has 0 aromatic rings. The number of nitrogens with zero attached hydrogens (tertiary/aromatic N) is 1. The summed E-state index contributed by atoms with van der Waals surface area (Å²) in [7, 11) is 2.40. The SMILES string of the molecule is CCC(C)[N+]1(C)CCCC1.[Br-]. The van der Waals surface area contributed by atoms with Crippen LogP contribution in [-0.2, 0) is 0 Å². The van der Waals surface area contributed by atoms with Crippen LogP contribution in [0.15, 0.2) is 0 Å². The lowest BCUT2D eigenvalue weighted by molar-refractivity contribution is -0.920. The molecular weight excluding hydrogens is 202 g/mol. The first-order valence-corrected chi connectivity index (χ1v) is 4.53. The lowest BCUT2D eigenvalue weighted by atomic mass is 10.2. The standard InChI is InChI=1S/C9H20N.BrH/c1-4-9(2)10(3)7-5-6-8-10;/h9H,4-8H2,1-3H3;1H/q+1;/p-1. The summed E-state index contributed by atoms with van der Waals surface area (Å²) in [5.74, 6) is 0. The fourth-order valence-corrected chi connectivity index (χ4v) is 1.94. The number of rotatable bonds is 2. The van der Waals surface area contributed by atoms with E-state index in [1.165, 1.54) is 36.8 Å². The minimum absolute atomic E-state index is 0. The van der Waals surface area contributed by atoms with E-state index in [-0.39, 0.29) is 17.0 Å². The molecule has 0 aliphatic carbocycles. The summed E-state index contributed by atoms with van der Waals surface area (Å²) in [4.78, 5) is 0. The summed E-state index contributed by atoms with van der Waals surface area (Å²) in [6.45, 7) is 7.50. The maximum absolute atomic E-state index is 2.40. The minimum Gasteiger partial charge on any atom is -1.00 e. The molecule has 0 N–H and O–H groups in total. The van der Waals surface area contributed by atoms with Crippen LogP contribution >= 0.6 is 0 Å². The highest BCUT2D eigenvalue weighted by Gasteiger charge is 2.31. The van der Waals surface area contributed by atoms with E-state index in [0.29, 0.717) is 0 Å². The average molecular weight is 222 g/mol. The lowest BCUT2D eigenvalue weighted by Crippen LogP contribution is -3.00. The predicted octanol–water partition coefficient (Wildman–Crippen LogP) is -0.971. The molecule has 1 unspecified atom stereocenters. The molecule has 1 fully saturated rings. The van der Waals surface area contributed by atoms with Crippen molar-refractivity contribution in [2.24, 2.45) is 0 Å². The van der Waals surface area contributed by atoms with Gasteiger partial charge in [-0.2, -0.15) is 0 Å². The van der Waals surface area contributed by atoms with Crippen LogP contribution in [0.3, 0.4) is 0 Å². The highest BCUT2D eigenvalue weighted by molar-refractivity contribution is 4.57. The maximum atomic E-state index is 2.40. The Morgan fingerprint density at radius 3 is 2.09 bits per heavy atom. The molecule has 1 nitrogen and oxygen atoms in total. The first-order valence-electron chi connectivity index (χ1n) is 4.53. The molecule has 1 heterocycles. The Hall–Kier alpha value is 0.440. The van der Waals surface area contributed by atoms with E-state index in [0.717, 1.165) is 6.04 Å². The fraction of sp³-hybridized carbons (Fsp3) is 1.00. The zero-order valence-electron chi connectivity index (χ0n) is 7.94. The van der Waals surface area contributed by atoms with Crippen molar-refractivity contribution in [2.45, 2.75) is 39.2 Å². The predicted molar refractivity (Wildman–Crippen MR) is 44.9 cm³/mol. The molecule has 68 valence electrons. The van der Waals surface area contributed by atoms with Gasteiger partial charge in [0.15, 0.2) is 0 Å². The monoisotopic (exact) mass is 221 g/mol. The van der Waals surface area contributed by atoms with Gasteiger partial charge in [-0.05, 0) is 13.3 Å². The number of likely N-dealkylation sites (tertiary alicyclic amines) is 1. The molecule has 0 bridgehead atoms. The largest absolute Gasteiger partial charge is 1.00 e. The first-order chi connectivity index (χ1) is 4.69. The molecule has 0 saturated carbocycles. The van der Waals surface area contributed by atoms with Crippen molar-refractivity contribution in [3.8, 4) is 0 Å². The van der Waals surface area contributed by atoms with E-state index in [1.54, 1.807) is 0 Å². The van der Waals surface area contributed by atoms with Crippen molar-refractivity contribution < 1.29 is 21.5 Å². The number of hydrogen-bond acceptors (Lipinski definition) is 0. The molecule has 2 heteroatoms. The maximum Gasteiger partial charge on any atom is 0.0857 e. The van der Waals surface area contributed by atoms with Gasteiger partial charge in [0, 0.05) is 12.8 Å². The topological polar surface area (TPSA) is 0 Å². The third-order valence-electron chi connectivity index (χ3n) is 3.24. The van der Waals surface area contributed by atoms with Gasteiger partial charge in [0.05, 0.1) is 26.2 Å². The van der Waals surface area contributed by atoms with Gasteiger partial charge in [0.1, 0.15) is 0 Å². The molecule has 11 heavy (non-hydrogen) atoms. The van der Waals surface area contributed by atoms with Crippen LogP contribution in [0.25, 0.3) is 0 Å². The van der Waals surface area contributed by atoms with Gasteiger partial charge in [-0.3, -0.25) is 0 Å². The van der Waals surface area contributed by atoms with E-state index in [1.807, 2.05) is 0 Å². The number of hydrogen-bond donors (Lipinski definition) is 0. The second-order valence-corrected chi connectivity index (χ2v) is 3.89. The summed E-state index contributed by atoms with van der Waals surface area (Å²) in [5, 5.41) is 0.